The third-order valence-corrected chi connectivity index (χ3v) is 9.19. The van der Waals surface area contributed by atoms with Crippen molar-refractivity contribution in [3.63, 3.8) is 0 Å². The van der Waals surface area contributed by atoms with E-state index in [1.807, 2.05) is 53.1 Å². The van der Waals surface area contributed by atoms with Crippen LogP contribution in [0.5, 0.6) is 0 Å². The third kappa shape index (κ3) is 8.86. The van der Waals surface area contributed by atoms with Crippen molar-refractivity contribution in [2.24, 2.45) is 4.99 Å². The molecule has 43 heavy (non-hydrogen) atoms. The Morgan fingerprint density at radius 2 is 1.21 bits per heavy atom. The number of aliphatic hydroxyl groups excluding tert-OH is 1. The second-order valence-electron chi connectivity index (χ2n) is 11.0. The zero-order valence-electron chi connectivity index (χ0n) is 25.7. The number of hydrogen-bond acceptors (Lipinski definition) is 4. The first kappa shape index (κ1) is 33.1. The number of anilines is 2. The van der Waals surface area contributed by atoms with E-state index in [9.17, 15) is 0 Å². The van der Waals surface area contributed by atoms with Gasteiger partial charge in [0.05, 0.1) is 0 Å². The summed E-state index contributed by atoms with van der Waals surface area (Å²) in [4.78, 5) is 9.23. The van der Waals surface area contributed by atoms with Crippen LogP contribution in [-0.2, 0) is 20.1 Å². The van der Waals surface area contributed by atoms with E-state index >= 15 is 0 Å². The zero-order valence-corrected chi connectivity index (χ0v) is 28.9. The molecule has 4 nitrogen and oxygen atoms in total. The van der Waals surface area contributed by atoms with E-state index in [1.54, 1.807) is 6.21 Å². The van der Waals surface area contributed by atoms with Crippen LogP contribution in [0, 0.1) is 48.2 Å². The van der Waals surface area contributed by atoms with Gasteiger partial charge in [-0.05, 0) is 63.8 Å². The summed E-state index contributed by atoms with van der Waals surface area (Å²) in [6, 6.07) is 24.4. The summed E-state index contributed by atoms with van der Waals surface area (Å²) >= 11 is -1.85. The Morgan fingerprint density at radius 3 is 1.65 bits per heavy atom. The molecule has 228 valence electrons. The van der Waals surface area contributed by atoms with E-state index in [-0.39, 0.29) is 6.61 Å². The molecule has 0 unspecified atom stereocenters. The average Bonchev–Trinajstić information content (AvgIpc) is 3.40. The molecule has 0 spiro atoms. The van der Waals surface area contributed by atoms with Gasteiger partial charge in [0.15, 0.2) is 0 Å². The summed E-state index contributed by atoms with van der Waals surface area (Å²) in [5.74, 6) is 0. The predicted octanol–water partition coefficient (Wildman–Crippen LogP) is 8.99. The Balaban J connectivity index is 0.000000199. The van der Waals surface area contributed by atoms with E-state index in [0.29, 0.717) is 0 Å². The molecule has 4 aromatic carbocycles. The van der Waals surface area contributed by atoms with Crippen LogP contribution >= 0.6 is 19.4 Å². The maximum atomic E-state index is 8.99. The number of halogens is 2. The van der Waals surface area contributed by atoms with Crippen LogP contribution < -0.4 is 9.80 Å². The SMILES string of the molecule is Cc1cc(C)c(N2[CH-]N(c3c(C)cc(C)cc3C)CC2)c(C)c1.OCc1ccc(N=Cc2ccccc2[CH]=[Ru]([Cl])[Cl])cc1. The van der Waals surface area contributed by atoms with Gasteiger partial charge in [0.1, 0.15) is 0 Å². The van der Waals surface area contributed by atoms with Crippen molar-refractivity contribution in [2.75, 3.05) is 22.9 Å². The van der Waals surface area contributed by atoms with Gasteiger partial charge >= 0.3 is 131 Å². The molecule has 0 aliphatic carbocycles. The van der Waals surface area contributed by atoms with Gasteiger partial charge in [-0.2, -0.15) is 6.67 Å². The summed E-state index contributed by atoms with van der Waals surface area (Å²) < 4.78 is 1.91. The van der Waals surface area contributed by atoms with Gasteiger partial charge in [0.2, 0.25) is 0 Å². The molecule has 7 heteroatoms. The van der Waals surface area contributed by atoms with Crippen LogP contribution in [0.1, 0.15) is 50.1 Å². The number of aliphatic imine (C=N–C) groups is 1. The molecule has 1 N–H and O–H groups in total. The molecule has 0 aromatic heterocycles. The van der Waals surface area contributed by atoms with E-state index in [1.165, 1.54) is 44.8 Å². The van der Waals surface area contributed by atoms with Crippen LogP contribution in [0.15, 0.2) is 77.8 Å². The first-order chi connectivity index (χ1) is 20.5. The molecule has 0 bridgehead atoms. The Bertz CT molecular complexity index is 1520. The van der Waals surface area contributed by atoms with Crippen LogP contribution in [-0.4, -0.2) is 29.0 Å². The topological polar surface area (TPSA) is 39.1 Å². The zero-order chi connectivity index (χ0) is 31.1. The minimum absolute atomic E-state index is 0.0411. The fraction of sp³-hybridized carbons (Fsp3) is 0.250. The summed E-state index contributed by atoms with van der Waals surface area (Å²) in [6.45, 7) is 17.6. The Hall–Kier alpha value is -2.82. The van der Waals surface area contributed by atoms with Gasteiger partial charge in [-0.25, -0.2) is 0 Å². The molecule has 1 heterocycles. The Kier molecular flexibility index (Phi) is 11.7. The molecule has 0 atom stereocenters. The summed E-state index contributed by atoms with van der Waals surface area (Å²) in [5.41, 5.74) is 14.5. The third-order valence-electron chi connectivity index (χ3n) is 7.36. The van der Waals surface area contributed by atoms with Crippen LogP contribution in [0.4, 0.5) is 17.1 Å². The standard InChI is InChI=1S/C21H27N2.C15H13NO.2ClH.Ru/c1-14-9-16(3)20(17(4)10-14)22-7-8-23(13-22)21-18(5)11-15(2)12-19(21)6;1-12-4-2-3-5-14(12)10-16-15-8-6-13(11-17)7-9-15;;;/h9-13H,7-8H2,1-6H3;1-10,17H,11H2;2*1H;/q-1;;;;+2/p-2. The molecule has 1 aliphatic heterocycles. The van der Waals surface area contributed by atoms with Crippen molar-refractivity contribution in [1.82, 2.24) is 0 Å². The number of nitrogens with zero attached hydrogens (tertiary/aromatic N) is 3. The molecule has 4 aromatic rings. The van der Waals surface area contributed by atoms with E-state index < -0.39 is 13.5 Å². The van der Waals surface area contributed by atoms with Gasteiger partial charge < -0.3 is 9.80 Å². The molecule has 1 aliphatic rings. The average molecular weight is 703 g/mol. The Morgan fingerprint density at radius 1 is 0.744 bits per heavy atom. The number of benzene rings is 4. The molecule has 0 saturated carbocycles. The summed E-state index contributed by atoms with van der Waals surface area (Å²) in [6.07, 6.45) is 1.80. The first-order valence-corrected chi connectivity index (χ1v) is 19.7. The van der Waals surface area contributed by atoms with E-state index in [0.717, 1.165) is 35.5 Å². The van der Waals surface area contributed by atoms with Gasteiger partial charge in [0.25, 0.3) is 0 Å². The first-order valence-electron chi connectivity index (χ1n) is 14.3. The van der Waals surface area contributed by atoms with E-state index in [4.69, 9.17) is 24.5 Å². The number of rotatable bonds is 6. The summed E-state index contributed by atoms with van der Waals surface area (Å²) in [5, 5.41) is 8.99. The van der Waals surface area contributed by atoms with Crippen molar-refractivity contribution in [2.45, 2.75) is 48.1 Å². The van der Waals surface area contributed by atoms with Gasteiger partial charge in [0, 0.05) is 24.5 Å². The quantitative estimate of drug-likeness (QED) is 0.124. The monoisotopic (exact) mass is 702 g/mol. The Labute approximate surface area is 270 Å². The summed E-state index contributed by atoms with van der Waals surface area (Å²) in [7, 11) is 11.8. The maximum absolute atomic E-state index is 8.99. The van der Waals surface area contributed by atoms with Crippen molar-refractivity contribution in [3.05, 3.63) is 130 Å². The van der Waals surface area contributed by atoms with E-state index in [2.05, 4.69) is 87.3 Å². The predicted molar refractivity (Wildman–Crippen MR) is 183 cm³/mol. The second-order valence-corrected chi connectivity index (χ2v) is 16.7. The molecular formula is C36H40Cl2N3ORu-. The normalized spacial score (nSPS) is 13.3. The number of hydrogen-bond donors (Lipinski definition) is 1. The van der Waals surface area contributed by atoms with Gasteiger partial charge in [-0.15, -0.1) is 0 Å². The molecular weight excluding hydrogens is 662 g/mol. The van der Waals surface area contributed by atoms with Crippen molar-refractivity contribution in [3.8, 4) is 0 Å². The van der Waals surface area contributed by atoms with Crippen LogP contribution in [0.2, 0.25) is 0 Å². The van der Waals surface area contributed by atoms with Gasteiger partial charge in [-0.3, -0.25) is 0 Å². The van der Waals surface area contributed by atoms with Crippen molar-refractivity contribution >= 4 is 47.3 Å². The van der Waals surface area contributed by atoms with Gasteiger partial charge in [-0.1, -0.05) is 35.4 Å². The fourth-order valence-corrected chi connectivity index (χ4v) is 7.57. The fourth-order valence-electron chi connectivity index (χ4n) is 5.73. The molecule has 0 amide bonds. The number of aryl methyl sites for hydroxylation is 6. The molecule has 1 fully saturated rings. The molecule has 0 radical (unpaired) electrons. The van der Waals surface area contributed by atoms with Crippen molar-refractivity contribution < 1.29 is 18.6 Å². The second kappa shape index (κ2) is 15.3. The molecule has 1 saturated heterocycles. The minimum atomic E-state index is -1.85. The van der Waals surface area contributed by atoms with Crippen LogP contribution in [0.3, 0.4) is 0 Å². The van der Waals surface area contributed by atoms with Crippen molar-refractivity contribution in [1.29, 1.82) is 0 Å². The van der Waals surface area contributed by atoms with Crippen LogP contribution in [0.25, 0.3) is 0 Å². The molecule has 5 rings (SSSR count). The number of aliphatic hydroxyl groups is 1.